The zero-order valence-corrected chi connectivity index (χ0v) is 16.1. The predicted octanol–water partition coefficient (Wildman–Crippen LogP) is 4.72. The number of rotatable bonds is 4. The summed E-state index contributed by atoms with van der Waals surface area (Å²) in [6.07, 6.45) is 3.94. The van der Waals surface area contributed by atoms with E-state index in [-0.39, 0.29) is 11.9 Å². The van der Waals surface area contributed by atoms with Gasteiger partial charge in [0.15, 0.2) is 0 Å². The second-order valence-corrected chi connectivity index (χ2v) is 8.53. The van der Waals surface area contributed by atoms with Crippen molar-refractivity contribution in [2.45, 2.75) is 40.7 Å². The summed E-state index contributed by atoms with van der Waals surface area (Å²) in [7, 11) is 0. The van der Waals surface area contributed by atoms with Crippen LogP contribution in [0, 0.1) is 27.7 Å². The van der Waals surface area contributed by atoms with Crippen LogP contribution >= 0.6 is 22.7 Å². The van der Waals surface area contributed by atoms with Gasteiger partial charge in [-0.2, -0.15) is 0 Å². The van der Waals surface area contributed by atoms with Crippen molar-refractivity contribution < 1.29 is 4.79 Å². The number of thiophene rings is 1. The zero-order valence-electron chi connectivity index (χ0n) is 14.5. The van der Waals surface area contributed by atoms with Crippen LogP contribution in [0.1, 0.15) is 49.3 Å². The smallest absolute Gasteiger partial charge is 0.255 e. The fraction of sp³-hybridized carbons (Fsp3) is 0.333. The molecule has 0 aromatic carbocycles. The van der Waals surface area contributed by atoms with Gasteiger partial charge in [-0.25, -0.2) is 4.98 Å². The lowest BCUT2D eigenvalue weighted by molar-refractivity contribution is 0.0939. The summed E-state index contributed by atoms with van der Waals surface area (Å²) < 4.78 is 2.00. The number of aromatic nitrogens is 2. The van der Waals surface area contributed by atoms with Gasteiger partial charge in [0, 0.05) is 22.1 Å². The maximum absolute atomic E-state index is 13.0. The minimum Gasteiger partial charge on any atom is -0.344 e. The molecule has 24 heavy (non-hydrogen) atoms. The molecule has 0 bridgehead atoms. The number of hydrogen-bond donors (Lipinski definition) is 1. The first-order chi connectivity index (χ1) is 11.4. The number of nitrogens with one attached hydrogen (secondary N) is 1. The van der Waals surface area contributed by atoms with E-state index in [1.807, 2.05) is 56.8 Å². The molecule has 0 radical (unpaired) electrons. The van der Waals surface area contributed by atoms with E-state index in [9.17, 15) is 4.79 Å². The van der Waals surface area contributed by atoms with Gasteiger partial charge in [0.05, 0.1) is 22.3 Å². The summed E-state index contributed by atoms with van der Waals surface area (Å²) in [6.45, 7) is 10.1. The topological polar surface area (TPSA) is 46.9 Å². The van der Waals surface area contributed by atoms with Crippen LogP contribution in [-0.2, 0) is 0 Å². The quantitative estimate of drug-likeness (QED) is 0.733. The van der Waals surface area contributed by atoms with Crippen molar-refractivity contribution in [1.29, 1.82) is 0 Å². The Hall–Kier alpha value is -1.92. The van der Waals surface area contributed by atoms with Crippen LogP contribution in [-0.4, -0.2) is 15.5 Å². The Morgan fingerprint density at radius 3 is 2.38 bits per heavy atom. The molecule has 126 valence electrons. The Kier molecular flexibility index (Phi) is 4.60. The molecule has 3 heterocycles. The molecule has 0 saturated heterocycles. The summed E-state index contributed by atoms with van der Waals surface area (Å²) in [5, 5.41) is 5.11. The Bertz CT molecular complexity index is 875. The van der Waals surface area contributed by atoms with E-state index in [0.717, 1.165) is 36.6 Å². The molecule has 0 spiro atoms. The van der Waals surface area contributed by atoms with Gasteiger partial charge < -0.3 is 9.88 Å². The van der Waals surface area contributed by atoms with Gasteiger partial charge in [-0.1, -0.05) is 0 Å². The van der Waals surface area contributed by atoms with Gasteiger partial charge in [-0.3, -0.25) is 4.79 Å². The molecule has 0 aliphatic heterocycles. The van der Waals surface area contributed by atoms with Gasteiger partial charge in [0.1, 0.15) is 5.00 Å². The third-order valence-corrected chi connectivity index (χ3v) is 6.25. The van der Waals surface area contributed by atoms with Crippen molar-refractivity contribution >= 4 is 28.6 Å². The number of carbonyl (C=O) groups is 1. The lowest BCUT2D eigenvalue weighted by atomic mass is 10.1. The summed E-state index contributed by atoms with van der Waals surface area (Å²) in [4.78, 5) is 19.8. The van der Waals surface area contributed by atoms with Crippen LogP contribution in [0.3, 0.4) is 0 Å². The Labute approximate surface area is 150 Å². The van der Waals surface area contributed by atoms with Gasteiger partial charge in [0.2, 0.25) is 0 Å². The zero-order chi connectivity index (χ0) is 17.4. The van der Waals surface area contributed by atoms with E-state index in [0.29, 0.717) is 0 Å². The number of nitrogens with zero attached hydrogens (tertiary/aromatic N) is 2. The molecule has 0 fully saturated rings. The summed E-state index contributed by atoms with van der Waals surface area (Å²) in [6, 6.07) is 3.83. The van der Waals surface area contributed by atoms with Crippen molar-refractivity contribution in [3.8, 4) is 5.00 Å². The van der Waals surface area contributed by atoms with Gasteiger partial charge in [-0.15, -0.1) is 22.7 Å². The van der Waals surface area contributed by atoms with Crippen LogP contribution in [0.2, 0.25) is 0 Å². The Balaban J connectivity index is 1.92. The first-order valence-electron chi connectivity index (χ1n) is 7.86. The molecular formula is C18H21N3OS2. The van der Waals surface area contributed by atoms with Gasteiger partial charge in [0.25, 0.3) is 5.91 Å². The van der Waals surface area contributed by atoms with Crippen LogP contribution in [0.15, 0.2) is 24.5 Å². The minimum atomic E-state index is -0.112. The van der Waals surface area contributed by atoms with Crippen molar-refractivity contribution in [2.75, 3.05) is 0 Å². The third kappa shape index (κ3) is 3.03. The lowest BCUT2D eigenvalue weighted by Gasteiger charge is -2.14. The summed E-state index contributed by atoms with van der Waals surface area (Å²) >= 11 is 3.31. The molecule has 1 atom stereocenters. The van der Waals surface area contributed by atoms with E-state index in [4.69, 9.17) is 0 Å². The first-order valence-corrected chi connectivity index (χ1v) is 9.50. The molecular weight excluding hydrogens is 338 g/mol. The molecule has 1 amide bonds. The largest absolute Gasteiger partial charge is 0.344 e. The maximum atomic E-state index is 13.0. The molecule has 1 unspecified atom stereocenters. The first kappa shape index (κ1) is 16.9. The molecule has 0 aliphatic rings. The highest BCUT2D eigenvalue weighted by molar-refractivity contribution is 7.15. The predicted molar refractivity (Wildman–Crippen MR) is 101 cm³/mol. The molecule has 3 aromatic heterocycles. The molecule has 4 nitrogen and oxygen atoms in total. The number of thiazole rings is 1. The highest BCUT2D eigenvalue weighted by atomic mass is 32.1. The van der Waals surface area contributed by atoms with Crippen molar-refractivity contribution in [1.82, 2.24) is 14.9 Å². The van der Waals surface area contributed by atoms with Crippen molar-refractivity contribution in [3.63, 3.8) is 0 Å². The van der Waals surface area contributed by atoms with Crippen molar-refractivity contribution in [2.24, 2.45) is 0 Å². The van der Waals surface area contributed by atoms with Gasteiger partial charge in [-0.05, 0) is 52.3 Å². The maximum Gasteiger partial charge on any atom is 0.255 e. The number of hydrogen-bond acceptors (Lipinski definition) is 4. The highest BCUT2D eigenvalue weighted by Crippen LogP contribution is 2.31. The fourth-order valence-electron chi connectivity index (χ4n) is 2.81. The highest BCUT2D eigenvalue weighted by Gasteiger charge is 2.23. The third-order valence-electron chi connectivity index (χ3n) is 4.13. The number of aryl methyl sites for hydroxylation is 3. The normalized spacial score (nSPS) is 12.4. The van der Waals surface area contributed by atoms with E-state index in [2.05, 4.69) is 17.2 Å². The number of amides is 1. The van der Waals surface area contributed by atoms with E-state index < -0.39 is 0 Å². The van der Waals surface area contributed by atoms with Crippen LogP contribution < -0.4 is 5.32 Å². The van der Waals surface area contributed by atoms with Crippen LogP contribution in [0.25, 0.3) is 5.00 Å². The van der Waals surface area contributed by atoms with Crippen LogP contribution in [0.4, 0.5) is 0 Å². The average Bonchev–Trinajstić information content (AvgIpc) is 3.20. The summed E-state index contributed by atoms with van der Waals surface area (Å²) in [5.41, 5.74) is 2.75. The molecule has 0 saturated carbocycles. The molecule has 0 aliphatic carbocycles. The molecule has 3 rings (SSSR count). The SMILES string of the molecule is Cc1nc(C(C)NC(=O)c2c(-n3cccc3)sc(C)c2C)c(C)s1. The monoisotopic (exact) mass is 359 g/mol. The lowest BCUT2D eigenvalue weighted by Crippen LogP contribution is -2.28. The second-order valence-electron chi connectivity index (χ2n) is 5.92. The van der Waals surface area contributed by atoms with E-state index in [1.54, 1.807) is 22.7 Å². The number of carbonyl (C=O) groups excluding carboxylic acids is 1. The molecule has 3 aromatic rings. The molecule has 6 heteroatoms. The standard InChI is InChI=1S/C18H21N3OS2/c1-10-12(3)24-18(21-8-6-7-9-21)15(10)17(22)19-11(2)16-13(4)23-14(5)20-16/h6-9,11H,1-5H3,(H,19,22). The summed E-state index contributed by atoms with van der Waals surface area (Å²) in [5.74, 6) is -0.0434. The van der Waals surface area contributed by atoms with Crippen molar-refractivity contribution in [3.05, 3.63) is 56.1 Å². The van der Waals surface area contributed by atoms with Crippen LogP contribution in [0.5, 0.6) is 0 Å². The van der Waals surface area contributed by atoms with E-state index in [1.165, 1.54) is 0 Å². The fourth-order valence-corrected chi connectivity index (χ4v) is 4.85. The van der Waals surface area contributed by atoms with Gasteiger partial charge >= 0.3 is 0 Å². The second kappa shape index (κ2) is 6.53. The Morgan fingerprint density at radius 1 is 1.12 bits per heavy atom. The minimum absolute atomic E-state index is 0.0434. The Morgan fingerprint density at radius 2 is 1.79 bits per heavy atom. The molecule has 1 N–H and O–H groups in total. The van der Waals surface area contributed by atoms with E-state index >= 15 is 0 Å². The average molecular weight is 360 g/mol.